The normalized spacial score (nSPS) is 20.9. The lowest BCUT2D eigenvalue weighted by molar-refractivity contribution is 0.158. The Morgan fingerprint density at radius 1 is 1.14 bits per heavy atom. The second-order valence-electron chi connectivity index (χ2n) is 7.76. The molecule has 150 valence electrons. The summed E-state index contributed by atoms with van der Waals surface area (Å²) >= 11 is 1.63. The summed E-state index contributed by atoms with van der Waals surface area (Å²) in [5, 5.41) is 11.1. The first kappa shape index (κ1) is 18.6. The van der Waals surface area contributed by atoms with E-state index in [4.69, 9.17) is 4.99 Å². The van der Waals surface area contributed by atoms with E-state index >= 15 is 0 Å². The maximum Gasteiger partial charge on any atom is 0.138 e. The SMILES string of the molecule is Cc1cnc2n1-c1sc3c(c1C(c1c(F)cccc1F)=N[C@H]2C)CC[C@@H](O)CC3. The molecule has 2 atom stereocenters. The van der Waals surface area contributed by atoms with Crippen LogP contribution in [0.5, 0.6) is 0 Å². The molecule has 1 aromatic carbocycles. The second kappa shape index (κ2) is 6.85. The molecule has 2 aliphatic rings. The van der Waals surface area contributed by atoms with E-state index in [0.717, 1.165) is 38.9 Å². The summed E-state index contributed by atoms with van der Waals surface area (Å²) in [4.78, 5) is 10.5. The predicted octanol–water partition coefficient (Wildman–Crippen LogP) is 4.67. The van der Waals surface area contributed by atoms with Gasteiger partial charge in [0, 0.05) is 22.3 Å². The van der Waals surface area contributed by atoms with Crippen molar-refractivity contribution in [2.24, 2.45) is 4.99 Å². The minimum Gasteiger partial charge on any atom is -0.393 e. The van der Waals surface area contributed by atoms with Gasteiger partial charge in [-0.15, -0.1) is 11.3 Å². The van der Waals surface area contributed by atoms with Crippen LogP contribution >= 0.6 is 11.3 Å². The number of aliphatic imine (C=N–C) groups is 1. The number of imidazole rings is 1. The van der Waals surface area contributed by atoms with Crippen LogP contribution in [0.2, 0.25) is 0 Å². The third-order valence-electron chi connectivity index (χ3n) is 5.81. The summed E-state index contributed by atoms with van der Waals surface area (Å²) < 4.78 is 31.7. The molecule has 7 heteroatoms. The molecule has 0 saturated carbocycles. The third-order valence-corrected chi connectivity index (χ3v) is 7.08. The average Bonchev–Trinajstić information content (AvgIpc) is 3.14. The Hall–Kier alpha value is -2.38. The van der Waals surface area contributed by atoms with E-state index in [2.05, 4.69) is 9.55 Å². The Kier molecular flexibility index (Phi) is 4.40. The Balaban J connectivity index is 1.84. The Labute approximate surface area is 171 Å². The molecule has 0 amide bonds. The number of aliphatic hydroxyl groups is 1. The lowest BCUT2D eigenvalue weighted by Gasteiger charge is -2.13. The number of rotatable bonds is 1. The van der Waals surface area contributed by atoms with Gasteiger partial charge in [-0.2, -0.15) is 0 Å². The minimum atomic E-state index is -0.619. The van der Waals surface area contributed by atoms with Crippen molar-refractivity contribution in [2.45, 2.75) is 51.7 Å². The van der Waals surface area contributed by atoms with Gasteiger partial charge in [0.25, 0.3) is 0 Å². The number of nitrogens with zero attached hydrogens (tertiary/aromatic N) is 3. The fourth-order valence-corrected chi connectivity index (χ4v) is 5.79. The van der Waals surface area contributed by atoms with Crippen LogP contribution in [0.15, 0.2) is 29.4 Å². The van der Waals surface area contributed by atoms with Crippen LogP contribution in [0, 0.1) is 18.6 Å². The monoisotopic (exact) mass is 413 g/mol. The minimum absolute atomic E-state index is 0.0885. The topological polar surface area (TPSA) is 50.4 Å². The molecule has 0 spiro atoms. The van der Waals surface area contributed by atoms with Gasteiger partial charge in [0.1, 0.15) is 28.5 Å². The number of aryl methyl sites for hydroxylation is 2. The molecule has 29 heavy (non-hydrogen) atoms. The van der Waals surface area contributed by atoms with Gasteiger partial charge in [0.15, 0.2) is 0 Å². The van der Waals surface area contributed by atoms with Crippen molar-refractivity contribution in [2.75, 3.05) is 0 Å². The highest BCUT2D eigenvalue weighted by Gasteiger charge is 2.33. The molecule has 1 aliphatic heterocycles. The quantitative estimate of drug-likeness (QED) is 0.590. The lowest BCUT2D eigenvalue weighted by Crippen LogP contribution is -2.13. The molecule has 0 fully saturated rings. The average molecular weight is 413 g/mol. The van der Waals surface area contributed by atoms with Gasteiger partial charge in [-0.25, -0.2) is 13.8 Å². The standard InChI is InChI=1S/C22H21F2N3OS/c1-11-10-25-21-12(2)26-20(19-15(23)4-3-5-16(19)24)18-14-8-6-13(28)7-9-17(14)29-22(18)27(11)21/h3-5,10,12-13,28H,6-9H2,1-2H3/t12-,13+/m0/s1. The summed E-state index contributed by atoms with van der Waals surface area (Å²) in [5.74, 6) is -0.467. The Morgan fingerprint density at radius 3 is 2.62 bits per heavy atom. The van der Waals surface area contributed by atoms with Crippen LogP contribution in [0.1, 0.15) is 58.9 Å². The summed E-state index contributed by atoms with van der Waals surface area (Å²) in [5.41, 5.74) is 3.07. The molecule has 1 aliphatic carbocycles. The van der Waals surface area contributed by atoms with Gasteiger partial charge < -0.3 is 5.11 Å². The van der Waals surface area contributed by atoms with Gasteiger partial charge in [-0.3, -0.25) is 9.56 Å². The number of hydrogen-bond donors (Lipinski definition) is 1. The molecular formula is C22H21F2N3OS. The van der Waals surface area contributed by atoms with Crippen molar-refractivity contribution in [3.8, 4) is 5.00 Å². The first-order chi connectivity index (χ1) is 14.0. The lowest BCUT2D eigenvalue weighted by atomic mass is 9.95. The second-order valence-corrected chi connectivity index (χ2v) is 8.84. The zero-order chi connectivity index (χ0) is 20.3. The summed E-state index contributed by atoms with van der Waals surface area (Å²) in [7, 11) is 0. The first-order valence-corrected chi connectivity index (χ1v) is 10.7. The highest BCUT2D eigenvalue weighted by atomic mass is 32.1. The number of halogens is 2. The van der Waals surface area contributed by atoms with Gasteiger partial charge in [-0.1, -0.05) is 6.07 Å². The number of thiophene rings is 1. The largest absolute Gasteiger partial charge is 0.393 e. The first-order valence-electron chi connectivity index (χ1n) is 9.85. The Bertz CT molecular complexity index is 1130. The fourth-order valence-electron chi connectivity index (χ4n) is 4.36. The zero-order valence-electron chi connectivity index (χ0n) is 16.2. The van der Waals surface area contributed by atoms with E-state index in [1.807, 2.05) is 20.0 Å². The van der Waals surface area contributed by atoms with Crippen LogP contribution in [0.25, 0.3) is 5.00 Å². The van der Waals surface area contributed by atoms with Gasteiger partial charge >= 0.3 is 0 Å². The van der Waals surface area contributed by atoms with E-state index in [1.54, 1.807) is 11.3 Å². The number of aliphatic hydroxyl groups excluding tert-OH is 1. The van der Waals surface area contributed by atoms with Crippen molar-refractivity contribution in [1.82, 2.24) is 9.55 Å². The van der Waals surface area contributed by atoms with Crippen molar-refractivity contribution >= 4 is 17.0 Å². The van der Waals surface area contributed by atoms with E-state index in [9.17, 15) is 13.9 Å². The molecular weight excluding hydrogens is 392 g/mol. The van der Waals surface area contributed by atoms with E-state index in [-0.39, 0.29) is 17.7 Å². The van der Waals surface area contributed by atoms with Crippen molar-refractivity contribution in [3.05, 3.63) is 69.1 Å². The van der Waals surface area contributed by atoms with Gasteiger partial charge in [0.2, 0.25) is 0 Å². The Morgan fingerprint density at radius 2 is 1.86 bits per heavy atom. The number of hydrogen-bond acceptors (Lipinski definition) is 4. The fraction of sp³-hybridized carbons (Fsp3) is 0.364. The smallest absolute Gasteiger partial charge is 0.138 e. The molecule has 1 N–H and O–H groups in total. The van der Waals surface area contributed by atoms with Crippen LogP contribution in [-0.4, -0.2) is 26.5 Å². The molecule has 3 heterocycles. The van der Waals surface area contributed by atoms with Crippen LogP contribution in [0.4, 0.5) is 8.78 Å². The maximum atomic E-state index is 14.8. The van der Waals surface area contributed by atoms with E-state index in [1.165, 1.54) is 18.2 Å². The highest BCUT2D eigenvalue weighted by Crippen LogP contribution is 2.42. The number of fused-ring (bicyclic) bond motifs is 5. The molecule has 0 unspecified atom stereocenters. The summed E-state index contributed by atoms with van der Waals surface area (Å²) in [6.07, 6.45) is 4.20. The molecule has 3 aromatic rings. The predicted molar refractivity (Wildman–Crippen MR) is 109 cm³/mol. The summed E-state index contributed by atoms with van der Waals surface area (Å²) in [6, 6.07) is 3.57. The van der Waals surface area contributed by atoms with Gasteiger partial charge in [0.05, 0.1) is 17.4 Å². The molecule has 2 aromatic heterocycles. The highest BCUT2D eigenvalue weighted by molar-refractivity contribution is 7.15. The van der Waals surface area contributed by atoms with Crippen molar-refractivity contribution in [3.63, 3.8) is 0 Å². The van der Waals surface area contributed by atoms with Crippen LogP contribution < -0.4 is 0 Å². The molecule has 5 rings (SSSR count). The maximum absolute atomic E-state index is 14.8. The number of benzene rings is 1. The van der Waals surface area contributed by atoms with Crippen molar-refractivity contribution < 1.29 is 13.9 Å². The van der Waals surface area contributed by atoms with Gasteiger partial charge in [-0.05, 0) is 57.2 Å². The van der Waals surface area contributed by atoms with E-state index in [0.29, 0.717) is 25.0 Å². The molecule has 4 nitrogen and oxygen atoms in total. The third kappa shape index (κ3) is 2.87. The summed E-state index contributed by atoms with van der Waals surface area (Å²) in [6.45, 7) is 3.88. The van der Waals surface area contributed by atoms with Crippen LogP contribution in [0.3, 0.4) is 0 Å². The zero-order valence-corrected chi connectivity index (χ0v) is 17.1. The van der Waals surface area contributed by atoms with E-state index < -0.39 is 11.6 Å². The van der Waals surface area contributed by atoms with Crippen molar-refractivity contribution in [1.29, 1.82) is 0 Å². The molecule has 0 saturated heterocycles. The number of aromatic nitrogens is 2. The molecule has 0 radical (unpaired) electrons. The van der Waals surface area contributed by atoms with Crippen LogP contribution in [-0.2, 0) is 12.8 Å². The molecule has 0 bridgehead atoms.